The largest absolute Gasteiger partial charge is 0.483 e. The quantitative estimate of drug-likeness (QED) is 0.491. The minimum atomic E-state index is -0.404. The molecule has 0 spiro atoms. The van der Waals surface area contributed by atoms with Gasteiger partial charge in [0, 0.05) is 18.2 Å². The van der Waals surface area contributed by atoms with Crippen LogP contribution in [0.2, 0.25) is 0 Å². The van der Waals surface area contributed by atoms with Crippen molar-refractivity contribution in [3.05, 3.63) is 45.5 Å². The van der Waals surface area contributed by atoms with Gasteiger partial charge in [-0.2, -0.15) is 0 Å². The summed E-state index contributed by atoms with van der Waals surface area (Å²) >= 11 is 0. The van der Waals surface area contributed by atoms with Crippen molar-refractivity contribution in [3.8, 4) is 5.75 Å². The van der Waals surface area contributed by atoms with E-state index in [1.165, 1.54) is 0 Å². The Kier molecular flexibility index (Phi) is 5.90. The standard InChI is InChI=1S/C16H24N2O3/c1-12(2)8-9-21-15-7-6-13(10-14(15)18(19)20)11-17-16(3,4)5/h6-8,10,17H,9,11H2,1-5H3. The molecule has 0 bridgehead atoms. The first-order valence-corrected chi connectivity index (χ1v) is 6.97. The smallest absolute Gasteiger partial charge is 0.311 e. The van der Waals surface area contributed by atoms with E-state index in [1.807, 2.05) is 26.0 Å². The van der Waals surface area contributed by atoms with Gasteiger partial charge in [-0.25, -0.2) is 0 Å². The van der Waals surface area contributed by atoms with E-state index in [1.54, 1.807) is 12.1 Å². The molecule has 0 aliphatic carbocycles. The third-order valence-corrected chi connectivity index (χ3v) is 2.77. The lowest BCUT2D eigenvalue weighted by atomic mass is 10.1. The van der Waals surface area contributed by atoms with Gasteiger partial charge in [0.15, 0.2) is 5.75 Å². The zero-order valence-corrected chi connectivity index (χ0v) is 13.4. The van der Waals surface area contributed by atoms with E-state index in [9.17, 15) is 10.1 Å². The van der Waals surface area contributed by atoms with Crippen LogP contribution in [0.25, 0.3) is 0 Å². The van der Waals surface area contributed by atoms with Crippen molar-refractivity contribution >= 4 is 5.69 Å². The summed E-state index contributed by atoms with van der Waals surface area (Å²) in [6.07, 6.45) is 1.89. The minimum absolute atomic E-state index is 0.00497. The number of hydrogen-bond acceptors (Lipinski definition) is 4. The third-order valence-electron chi connectivity index (χ3n) is 2.77. The number of nitro benzene ring substituents is 1. The van der Waals surface area contributed by atoms with E-state index in [4.69, 9.17) is 4.74 Å². The van der Waals surface area contributed by atoms with Gasteiger partial charge in [-0.05, 0) is 52.3 Å². The van der Waals surface area contributed by atoms with Crippen LogP contribution in [0.1, 0.15) is 40.2 Å². The van der Waals surface area contributed by atoms with Crippen LogP contribution in [-0.4, -0.2) is 17.1 Å². The molecular formula is C16H24N2O3. The maximum atomic E-state index is 11.2. The van der Waals surface area contributed by atoms with Gasteiger partial charge in [0.05, 0.1) is 4.92 Å². The average molecular weight is 292 g/mol. The Morgan fingerprint density at radius 3 is 2.57 bits per heavy atom. The molecule has 1 N–H and O–H groups in total. The van der Waals surface area contributed by atoms with Gasteiger partial charge in [-0.3, -0.25) is 10.1 Å². The first-order chi connectivity index (χ1) is 9.69. The van der Waals surface area contributed by atoms with Crippen LogP contribution in [-0.2, 0) is 6.54 Å². The van der Waals surface area contributed by atoms with Gasteiger partial charge in [0.1, 0.15) is 6.61 Å². The lowest BCUT2D eigenvalue weighted by Gasteiger charge is -2.20. The maximum Gasteiger partial charge on any atom is 0.311 e. The molecule has 5 nitrogen and oxygen atoms in total. The normalized spacial score (nSPS) is 11.1. The summed E-state index contributed by atoms with van der Waals surface area (Å²) in [5.41, 5.74) is 1.95. The lowest BCUT2D eigenvalue weighted by molar-refractivity contribution is -0.385. The van der Waals surface area contributed by atoms with Crippen LogP contribution in [0.15, 0.2) is 29.8 Å². The highest BCUT2D eigenvalue weighted by atomic mass is 16.6. The minimum Gasteiger partial charge on any atom is -0.483 e. The van der Waals surface area contributed by atoms with Crippen molar-refractivity contribution in [1.82, 2.24) is 5.32 Å². The topological polar surface area (TPSA) is 64.4 Å². The molecule has 5 heteroatoms. The second-order valence-electron chi connectivity index (χ2n) is 6.26. The zero-order valence-electron chi connectivity index (χ0n) is 13.4. The summed E-state index contributed by atoms with van der Waals surface area (Å²) in [4.78, 5) is 10.8. The van der Waals surface area contributed by atoms with Crippen molar-refractivity contribution in [2.45, 2.75) is 46.7 Å². The second-order valence-corrected chi connectivity index (χ2v) is 6.26. The van der Waals surface area contributed by atoms with E-state index in [-0.39, 0.29) is 11.2 Å². The van der Waals surface area contributed by atoms with Crippen LogP contribution in [0.5, 0.6) is 5.75 Å². The van der Waals surface area contributed by atoms with Crippen LogP contribution in [0.3, 0.4) is 0 Å². The fraction of sp³-hybridized carbons (Fsp3) is 0.500. The molecule has 1 rings (SSSR count). The van der Waals surface area contributed by atoms with Gasteiger partial charge in [0.2, 0.25) is 0 Å². The predicted molar refractivity (Wildman–Crippen MR) is 84.6 cm³/mol. The molecule has 0 aliphatic heterocycles. The Balaban J connectivity index is 2.86. The SMILES string of the molecule is CC(C)=CCOc1ccc(CNC(C)(C)C)cc1[N+](=O)[O-]. The van der Waals surface area contributed by atoms with Gasteiger partial charge >= 0.3 is 5.69 Å². The molecule has 0 radical (unpaired) electrons. The number of ether oxygens (including phenoxy) is 1. The Labute approximate surface area is 126 Å². The summed E-state index contributed by atoms with van der Waals surface area (Å²) in [7, 11) is 0. The van der Waals surface area contributed by atoms with E-state index in [0.29, 0.717) is 18.9 Å². The van der Waals surface area contributed by atoms with Crippen LogP contribution in [0, 0.1) is 10.1 Å². The summed E-state index contributed by atoms with van der Waals surface area (Å²) in [5, 5.41) is 14.5. The first-order valence-electron chi connectivity index (χ1n) is 6.97. The number of benzene rings is 1. The highest BCUT2D eigenvalue weighted by Crippen LogP contribution is 2.28. The molecular weight excluding hydrogens is 268 g/mol. The molecule has 0 saturated heterocycles. The van der Waals surface area contributed by atoms with Gasteiger partial charge < -0.3 is 10.1 Å². The number of rotatable bonds is 6. The number of hydrogen-bond donors (Lipinski definition) is 1. The number of nitrogens with one attached hydrogen (secondary N) is 1. The molecule has 0 amide bonds. The Bertz CT molecular complexity index is 527. The summed E-state index contributed by atoms with van der Waals surface area (Å²) in [6, 6.07) is 5.08. The number of nitro groups is 1. The first kappa shape index (κ1) is 17.2. The summed E-state index contributed by atoms with van der Waals surface area (Å²) < 4.78 is 5.47. The molecule has 0 fully saturated rings. The molecule has 0 aliphatic rings. The van der Waals surface area contributed by atoms with E-state index >= 15 is 0 Å². The highest BCUT2D eigenvalue weighted by Gasteiger charge is 2.16. The second kappa shape index (κ2) is 7.22. The van der Waals surface area contributed by atoms with Crippen molar-refractivity contribution in [2.75, 3.05) is 6.61 Å². The Morgan fingerprint density at radius 1 is 1.38 bits per heavy atom. The molecule has 0 saturated carbocycles. The van der Waals surface area contributed by atoms with Crippen LogP contribution < -0.4 is 10.1 Å². The molecule has 116 valence electrons. The highest BCUT2D eigenvalue weighted by molar-refractivity contribution is 5.48. The van der Waals surface area contributed by atoms with Gasteiger partial charge in [-0.1, -0.05) is 11.6 Å². The fourth-order valence-electron chi connectivity index (χ4n) is 1.60. The van der Waals surface area contributed by atoms with Crippen LogP contribution >= 0.6 is 0 Å². The van der Waals surface area contributed by atoms with Crippen molar-refractivity contribution in [2.24, 2.45) is 0 Å². The molecule has 21 heavy (non-hydrogen) atoms. The molecule has 0 aromatic heterocycles. The number of nitrogens with zero attached hydrogens (tertiary/aromatic N) is 1. The summed E-state index contributed by atoms with van der Waals surface area (Å²) in [5.74, 6) is 0.303. The monoisotopic (exact) mass is 292 g/mol. The average Bonchev–Trinajstić information content (AvgIpc) is 2.35. The molecule has 0 unspecified atom stereocenters. The van der Waals surface area contributed by atoms with Crippen LogP contribution in [0.4, 0.5) is 5.69 Å². The lowest BCUT2D eigenvalue weighted by Crippen LogP contribution is -2.35. The third kappa shape index (κ3) is 6.40. The maximum absolute atomic E-state index is 11.2. The van der Waals surface area contributed by atoms with Gasteiger partial charge in [0.25, 0.3) is 0 Å². The van der Waals surface area contributed by atoms with E-state index in [2.05, 4.69) is 26.1 Å². The fourth-order valence-corrected chi connectivity index (χ4v) is 1.60. The van der Waals surface area contributed by atoms with E-state index < -0.39 is 4.92 Å². The van der Waals surface area contributed by atoms with E-state index in [0.717, 1.165) is 11.1 Å². The zero-order chi connectivity index (χ0) is 16.0. The Morgan fingerprint density at radius 2 is 2.05 bits per heavy atom. The molecule has 0 heterocycles. The molecule has 1 aromatic rings. The number of allylic oxidation sites excluding steroid dienone is 1. The Hall–Kier alpha value is -1.88. The van der Waals surface area contributed by atoms with Crippen molar-refractivity contribution < 1.29 is 9.66 Å². The predicted octanol–water partition coefficient (Wildman–Crippen LogP) is 3.83. The molecule has 0 atom stereocenters. The van der Waals surface area contributed by atoms with Gasteiger partial charge in [-0.15, -0.1) is 0 Å². The molecule has 1 aromatic carbocycles. The van der Waals surface area contributed by atoms with Crippen molar-refractivity contribution in [3.63, 3.8) is 0 Å². The summed E-state index contributed by atoms with van der Waals surface area (Å²) in [6.45, 7) is 11.0. The van der Waals surface area contributed by atoms with Crippen molar-refractivity contribution in [1.29, 1.82) is 0 Å².